The lowest BCUT2D eigenvalue weighted by molar-refractivity contribution is 0.0206. The number of aliphatic hydroxyl groups is 1. The number of carbonyl (C=O) groups is 2. The normalized spacial score (nSPS) is 19.4. The van der Waals surface area contributed by atoms with E-state index in [2.05, 4.69) is 6.92 Å². The Balaban J connectivity index is 1.93. The van der Waals surface area contributed by atoms with Crippen molar-refractivity contribution >= 4 is 11.9 Å². The first kappa shape index (κ1) is 23.4. The SMILES string of the molecule is CCCCCCCCc1ccc(C(=O)[C@H]2C[C@H](O)CN2C(=O)OC(C)(C)C)cc1. The predicted octanol–water partition coefficient (Wildman–Crippen LogP) is 5.14. The molecule has 5 heteroatoms. The third-order valence-electron chi connectivity index (χ3n) is 5.27. The third-order valence-corrected chi connectivity index (χ3v) is 5.27. The van der Waals surface area contributed by atoms with Crippen LogP contribution >= 0.6 is 0 Å². The van der Waals surface area contributed by atoms with Gasteiger partial charge in [0.25, 0.3) is 0 Å². The van der Waals surface area contributed by atoms with Crippen LogP contribution in [0.5, 0.6) is 0 Å². The molecule has 1 aliphatic rings. The minimum Gasteiger partial charge on any atom is -0.444 e. The number of ketones is 1. The molecule has 1 N–H and O–H groups in total. The highest BCUT2D eigenvalue weighted by molar-refractivity contribution is 6.01. The van der Waals surface area contributed by atoms with Crippen LogP contribution in [-0.2, 0) is 11.2 Å². The molecule has 5 nitrogen and oxygen atoms in total. The highest BCUT2D eigenvalue weighted by Crippen LogP contribution is 2.24. The van der Waals surface area contributed by atoms with E-state index in [-0.39, 0.29) is 18.7 Å². The summed E-state index contributed by atoms with van der Waals surface area (Å²) >= 11 is 0. The highest BCUT2D eigenvalue weighted by atomic mass is 16.6. The molecule has 0 unspecified atom stereocenters. The van der Waals surface area contributed by atoms with Crippen molar-refractivity contribution in [2.75, 3.05) is 6.54 Å². The molecule has 0 aromatic heterocycles. The molecule has 162 valence electrons. The summed E-state index contributed by atoms with van der Waals surface area (Å²) in [6.07, 6.45) is 7.59. The number of carbonyl (C=O) groups excluding carboxylic acids is 2. The molecule has 0 spiro atoms. The number of unbranched alkanes of at least 4 members (excludes halogenated alkanes) is 5. The van der Waals surface area contributed by atoms with Crippen LogP contribution in [0.3, 0.4) is 0 Å². The van der Waals surface area contributed by atoms with Gasteiger partial charge in [0, 0.05) is 12.0 Å². The Morgan fingerprint density at radius 2 is 1.69 bits per heavy atom. The van der Waals surface area contributed by atoms with Gasteiger partial charge in [-0.15, -0.1) is 0 Å². The van der Waals surface area contributed by atoms with Crippen molar-refractivity contribution in [3.63, 3.8) is 0 Å². The summed E-state index contributed by atoms with van der Waals surface area (Å²) in [5, 5.41) is 10.0. The molecule has 2 rings (SSSR count). The number of rotatable bonds is 9. The smallest absolute Gasteiger partial charge is 0.411 e. The number of ether oxygens (including phenoxy) is 1. The summed E-state index contributed by atoms with van der Waals surface area (Å²) in [7, 11) is 0. The fourth-order valence-electron chi connectivity index (χ4n) is 3.72. The number of amides is 1. The first-order valence-corrected chi connectivity index (χ1v) is 11.0. The van der Waals surface area contributed by atoms with Gasteiger partial charge in [-0.3, -0.25) is 9.69 Å². The van der Waals surface area contributed by atoms with E-state index in [0.717, 1.165) is 12.8 Å². The first-order chi connectivity index (χ1) is 13.7. The van der Waals surface area contributed by atoms with Crippen molar-refractivity contribution < 1.29 is 19.4 Å². The Morgan fingerprint density at radius 1 is 1.07 bits per heavy atom. The summed E-state index contributed by atoms with van der Waals surface area (Å²) in [5.74, 6) is -0.140. The maximum atomic E-state index is 13.0. The molecule has 0 aliphatic carbocycles. The average Bonchev–Trinajstić information content (AvgIpc) is 3.05. The van der Waals surface area contributed by atoms with Crippen LogP contribution in [0.15, 0.2) is 24.3 Å². The molecule has 1 aromatic carbocycles. The lowest BCUT2D eigenvalue weighted by atomic mass is 9.99. The molecule has 2 atom stereocenters. The maximum absolute atomic E-state index is 13.0. The minimum absolute atomic E-state index is 0.126. The topological polar surface area (TPSA) is 66.8 Å². The third kappa shape index (κ3) is 7.46. The number of hydrogen-bond donors (Lipinski definition) is 1. The van der Waals surface area contributed by atoms with Crippen LogP contribution in [0.25, 0.3) is 0 Å². The van der Waals surface area contributed by atoms with Crippen LogP contribution in [0.2, 0.25) is 0 Å². The second kappa shape index (κ2) is 10.8. The van der Waals surface area contributed by atoms with Gasteiger partial charge in [-0.05, 0) is 39.2 Å². The zero-order valence-electron chi connectivity index (χ0n) is 18.4. The fourth-order valence-corrected chi connectivity index (χ4v) is 3.72. The van der Waals surface area contributed by atoms with Crippen LogP contribution in [0.4, 0.5) is 4.79 Å². The van der Waals surface area contributed by atoms with Gasteiger partial charge < -0.3 is 9.84 Å². The molecule has 0 saturated carbocycles. The van der Waals surface area contributed by atoms with Gasteiger partial charge in [-0.2, -0.15) is 0 Å². The Hall–Kier alpha value is -1.88. The minimum atomic E-state index is -0.705. The molecular formula is C24H37NO4. The van der Waals surface area contributed by atoms with Crippen LogP contribution in [-0.4, -0.2) is 46.2 Å². The van der Waals surface area contributed by atoms with Crippen molar-refractivity contribution in [2.45, 2.75) is 96.8 Å². The largest absolute Gasteiger partial charge is 0.444 e. The lowest BCUT2D eigenvalue weighted by Crippen LogP contribution is -2.43. The van der Waals surface area contributed by atoms with Gasteiger partial charge >= 0.3 is 6.09 Å². The predicted molar refractivity (Wildman–Crippen MR) is 115 cm³/mol. The zero-order valence-corrected chi connectivity index (χ0v) is 18.4. The number of β-amino-alcohol motifs (C(OH)–C–C–N with tert-alkyl or cyclic N) is 1. The van der Waals surface area contributed by atoms with E-state index in [1.165, 1.54) is 42.6 Å². The molecule has 0 bridgehead atoms. The Labute approximate surface area is 175 Å². The summed E-state index contributed by atoms with van der Waals surface area (Å²) in [6, 6.07) is 7.01. The Morgan fingerprint density at radius 3 is 2.31 bits per heavy atom. The number of aliphatic hydroxyl groups excluding tert-OH is 1. The summed E-state index contributed by atoms with van der Waals surface area (Å²) < 4.78 is 5.41. The molecule has 1 aromatic rings. The van der Waals surface area contributed by atoms with E-state index in [4.69, 9.17) is 4.74 Å². The zero-order chi connectivity index (χ0) is 21.4. The number of Topliss-reactive ketones (excluding diaryl/α,β-unsaturated/α-hetero) is 1. The number of likely N-dealkylation sites (tertiary alicyclic amines) is 1. The van der Waals surface area contributed by atoms with E-state index < -0.39 is 23.8 Å². The fraction of sp³-hybridized carbons (Fsp3) is 0.667. The average molecular weight is 404 g/mol. The number of benzene rings is 1. The van der Waals surface area contributed by atoms with E-state index in [9.17, 15) is 14.7 Å². The van der Waals surface area contributed by atoms with Gasteiger partial charge in [0.15, 0.2) is 5.78 Å². The number of hydrogen-bond acceptors (Lipinski definition) is 4. The molecular weight excluding hydrogens is 366 g/mol. The Bertz CT molecular complexity index is 662. The van der Waals surface area contributed by atoms with Crippen LogP contribution in [0, 0.1) is 0 Å². The molecule has 0 radical (unpaired) electrons. The van der Waals surface area contributed by atoms with Crippen LogP contribution in [0.1, 0.15) is 88.6 Å². The van der Waals surface area contributed by atoms with Crippen molar-refractivity contribution in [3.05, 3.63) is 35.4 Å². The van der Waals surface area contributed by atoms with E-state index in [1.807, 2.05) is 24.3 Å². The number of nitrogens with zero attached hydrogens (tertiary/aromatic N) is 1. The summed E-state index contributed by atoms with van der Waals surface area (Å²) in [5.41, 5.74) is 1.16. The second-order valence-corrected chi connectivity index (χ2v) is 9.12. The van der Waals surface area contributed by atoms with Gasteiger partial charge in [-0.1, -0.05) is 63.3 Å². The summed E-state index contributed by atoms with van der Waals surface area (Å²) in [6.45, 7) is 7.72. The van der Waals surface area contributed by atoms with Gasteiger partial charge in [0.2, 0.25) is 0 Å². The van der Waals surface area contributed by atoms with E-state index in [0.29, 0.717) is 5.56 Å². The van der Waals surface area contributed by atoms with Gasteiger partial charge in [0.05, 0.1) is 12.6 Å². The molecule has 1 saturated heterocycles. The standard InChI is InChI=1S/C24H37NO4/c1-5-6-7-8-9-10-11-18-12-14-19(15-13-18)22(27)21-16-20(26)17-25(21)23(28)29-24(2,3)4/h12-15,20-21,26H,5-11,16-17H2,1-4H3/t20-,21+/m0/s1. The number of aryl methyl sites for hydroxylation is 1. The van der Waals surface area contributed by atoms with Gasteiger partial charge in [-0.25, -0.2) is 4.79 Å². The van der Waals surface area contributed by atoms with E-state index >= 15 is 0 Å². The molecule has 1 amide bonds. The molecule has 1 fully saturated rings. The molecule has 29 heavy (non-hydrogen) atoms. The Kier molecular flexibility index (Phi) is 8.69. The van der Waals surface area contributed by atoms with Crippen molar-refractivity contribution in [3.8, 4) is 0 Å². The van der Waals surface area contributed by atoms with Crippen molar-refractivity contribution in [1.82, 2.24) is 4.90 Å². The monoisotopic (exact) mass is 403 g/mol. The first-order valence-electron chi connectivity index (χ1n) is 11.0. The maximum Gasteiger partial charge on any atom is 0.411 e. The lowest BCUT2D eigenvalue weighted by Gasteiger charge is -2.27. The van der Waals surface area contributed by atoms with E-state index in [1.54, 1.807) is 20.8 Å². The second-order valence-electron chi connectivity index (χ2n) is 9.12. The highest BCUT2D eigenvalue weighted by Gasteiger charge is 2.41. The van der Waals surface area contributed by atoms with Crippen molar-refractivity contribution in [1.29, 1.82) is 0 Å². The quantitative estimate of drug-likeness (QED) is 0.458. The molecule has 1 heterocycles. The van der Waals surface area contributed by atoms with Crippen LogP contribution < -0.4 is 0 Å². The molecule has 1 aliphatic heterocycles. The van der Waals surface area contributed by atoms with Gasteiger partial charge in [0.1, 0.15) is 11.6 Å². The van der Waals surface area contributed by atoms with Crippen molar-refractivity contribution in [2.24, 2.45) is 0 Å². The summed E-state index contributed by atoms with van der Waals surface area (Å²) in [4.78, 5) is 26.8.